The van der Waals surface area contributed by atoms with Gasteiger partial charge >= 0.3 is 6.36 Å². The van der Waals surface area contributed by atoms with Crippen molar-refractivity contribution in [2.45, 2.75) is 51.8 Å². The molecule has 0 spiro atoms. The van der Waals surface area contributed by atoms with Crippen molar-refractivity contribution in [3.8, 4) is 5.75 Å². The summed E-state index contributed by atoms with van der Waals surface area (Å²) in [4.78, 5) is 33.1. The summed E-state index contributed by atoms with van der Waals surface area (Å²) in [5, 5.41) is 0. The zero-order chi connectivity index (χ0) is 24.7. The van der Waals surface area contributed by atoms with E-state index < -0.39 is 12.5 Å². The zero-order valence-electron chi connectivity index (χ0n) is 19.1. The van der Waals surface area contributed by atoms with Crippen LogP contribution in [0.5, 0.6) is 5.75 Å². The van der Waals surface area contributed by atoms with Crippen LogP contribution in [0.2, 0.25) is 0 Å². The molecule has 2 amide bonds. The Balaban J connectivity index is 1.63. The molecule has 2 aromatic rings. The Morgan fingerprint density at radius 3 is 2.50 bits per heavy atom. The molecule has 1 aliphatic heterocycles. The van der Waals surface area contributed by atoms with Crippen molar-refractivity contribution in [3.63, 3.8) is 0 Å². The molecule has 0 radical (unpaired) electrons. The van der Waals surface area contributed by atoms with Crippen LogP contribution in [0.4, 0.5) is 13.2 Å². The predicted molar refractivity (Wildman–Crippen MR) is 118 cm³/mol. The monoisotopic (exact) mass is 479 g/mol. The molecule has 0 saturated carbocycles. The Morgan fingerprint density at radius 2 is 1.88 bits per heavy atom. The fourth-order valence-corrected chi connectivity index (χ4v) is 3.68. The van der Waals surface area contributed by atoms with Crippen molar-refractivity contribution in [2.75, 3.05) is 19.6 Å². The molecule has 1 aromatic carbocycles. The summed E-state index contributed by atoms with van der Waals surface area (Å²) in [6, 6.07) is 10.8. The molecule has 2 heterocycles. The Kier molecular flexibility index (Phi) is 8.49. The first-order valence-corrected chi connectivity index (χ1v) is 11.0. The molecule has 1 atom stereocenters. The second-order valence-electron chi connectivity index (χ2n) is 8.36. The second kappa shape index (κ2) is 11.3. The van der Waals surface area contributed by atoms with Gasteiger partial charge in [0.1, 0.15) is 5.75 Å². The van der Waals surface area contributed by atoms with E-state index in [0.29, 0.717) is 18.5 Å². The topological polar surface area (TPSA) is 72.0 Å². The van der Waals surface area contributed by atoms with Crippen LogP contribution in [0, 0.1) is 0 Å². The number of ether oxygens (including phenoxy) is 2. The fourth-order valence-electron chi connectivity index (χ4n) is 3.68. The Bertz CT molecular complexity index is 952. The lowest BCUT2D eigenvalue weighted by Crippen LogP contribution is -2.42. The maximum atomic E-state index is 12.9. The standard InChI is InChI=1S/C24H28F3N3O4/c1-17(2)30-14-21(33-16-18-6-9-20(10-7-18)34-24(25,26)27)13-29(15-23(30)32)22(31)11-8-19-5-3-4-12-28-19/h3-7,9-10,12,17,21H,8,11,13-16H2,1-2H3. The van der Waals surface area contributed by atoms with Crippen molar-refractivity contribution in [1.29, 1.82) is 0 Å². The molecule has 1 unspecified atom stereocenters. The van der Waals surface area contributed by atoms with Gasteiger partial charge in [-0.05, 0) is 50.1 Å². The molecule has 7 nitrogen and oxygen atoms in total. The van der Waals surface area contributed by atoms with Crippen LogP contribution in [0.25, 0.3) is 0 Å². The van der Waals surface area contributed by atoms with Gasteiger partial charge in [-0.3, -0.25) is 14.6 Å². The largest absolute Gasteiger partial charge is 0.573 e. The molecule has 0 aliphatic carbocycles. The lowest BCUT2D eigenvalue weighted by atomic mass is 10.2. The van der Waals surface area contributed by atoms with E-state index in [2.05, 4.69) is 9.72 Å². The minimum absolute atomic E-state index is 0.0252. The van der Waals surface area contributed by atoms with Crippen molar-refractivity contribution >= 4 is 11.8 Å². The highest BCUT2D eigenvalue weighted by atomic mass is 19.4. The lowest BCUT2D eigenvalue weighted by molar-refractivity contribution is -0.274. The summed E-state index contributed by atoms with van der Waals surface area (Å²) in [7, 11) is 0. The normalized spacial score (nSPS) is 17.1. The number of pyridine rings is 1. The molecule has 0 bridgehead atoms. The summed E-state index contributed by atoms with van der Waals surface area (Å²) < 4.78 is 46.9. The summed E-state index contributed by atoms with van der Waals surface area (Å²) in [5.41, 5.74) is 1.45. The highest BCUT2D eigenvalue weighted by Gasteiger charge is 2.32. The summed E-state index contributed by atoms with van der Waals surface area (Å²) >= 11 is 0. The number of carbonyl (C=O) groups excluding carboxylic acids is 2. The average molecular weight is 479 g/mol. The van der Waals surface area contributed by atoms with Crippen LogP contribution in [0.1, 0.15) is 31.5 Å². The number of rotatable bonds is 8. The van der Waals surface area contributed by atoms with Gasteiger partial charge in [0.15, 0.2) is 0 Å². The number of amides is 2. The molecule has 1 aliphatic rings. The third-order valence-electron chi connectivity index (χ3n) is 5.41. The number of carbonyl (C=O) groups is 2. The van der Waals surface area contributed by atoms with Gasteiger partial charge in [0.05, 0.1) is 19.3 Å². The maximum absolute atomic E-state index is 12.9. The number of halogens is 3. The summed E-state index contributed by atoms with van der Waals surface area (Å²) in [5.74, 6) is -0.625. The molecular weight excluding hydrogens is 451 g/mol. The third-order valence-corrected chi connectivity index (χ3v) is 5.41. The molecule has 3 rings (SSSR count). The van der Waals surface area contributed by atoms with Crippen LogP contribution in [-0.4, -0.2) is 64.7 Å². The molecule has 184 valence electrons. The Labute approximate surface area is 196 Å². The van der Waals surface area contributed by atoms with Gasteiger partial charge in [-0.25, -0.2) is 0 Å². The van der Waals surface area contributed by atoms with Crippen LogP contribution < -0.4 is 4.74 Å². The third kappa shape index (κ3) is 7.72. The quantitative estimate of drug-likeness (QED) is 0.579. The lowest BCUT2D eigenvalue weighted by Gasteiger charge is -2.27. The molecular formula is C24H28F3N3O4. The number of hydrogen-bond donors (Lipinski definition) is 0. The summed E-state index contributed by atoms with van der Waals surface area (Å²) in [6.45, 7) is 4.44. The summed E-state index contributed by atoms with van der Waals surface area (Å²) in [6.07, 6.45) is -2.84. The SMILES string of the molecule is CC(C)N1CC(OCc2ccc(OC(F)(F)F)cc2)CN(C(=O)CCc2ccccn2)CC1=O. The number of aromatic nitrogens is 1. The van der Waals surface area contributed by atoms with Crippen molar-refractivity contribution in [2.24, 2.45) is 0 Å². The smallest absolute Gasteiger partial charge is 0.406 e. The maximum Gasteiger partial charge on any atom is 0.573 e. The van der Waals surface area contributed by atoms with Crippen molar-refractivity contribution in [1.82, 2.24) is 14.8 Å². The second-order valence-corrected chi connectivity index (χ2v) is 8.36. The minimum atomic E-state index is -4.75. The van der Waals surface area contributed by atoms with Crippen molar-refractivity contribution in [3.05, 3.63) is 59.9 Å². The van der Waals surface area contributed by atoms with E-state index in [1.165, 1.54) is 29.2 Å². The first-order valence-electron chi connectivity index (χ1n) is 11.0. The Morgan fingerprint density at radius 1 is 1.15 bits per heavy atom. The molecule has 34 heavy (non-hydrogen) atoms. The first kappa shape index (κ1) is 25.5. The van der Waals surface area contributed by atoms with E-state index >= 15 is 0 Å². The van der Waals surface area contributed by atoms with Gasteiger partial charge in [0, 0.05) is 37.4 Å². The van der Waals surface area contributed by atoms with Gasteiger partial charge in [-0.2, -0.15) is 0 Å². The minimum Gasteiger partial charge on any atom is -0.406 e. The highest BCUT2D eigenvalue weighted by molar-refractivity contribution is 5.85. The van der Waals surface area contributed by atoms with Gasteiger partial charge in [0.2, 0.25) is 11.8 Å². The fraction of sp³-hybridized carbons (Fsp3) is 0.458. The number of alkyl halides is 3. The number of aryl methyl sites for hydroxylation is 1. The van der Waals surface area contributed by atoms with Gasteiger partial charge < -0.3 is 19.3 Å². The van der Waals surface area contributed by atoms with E-state index in [-0.39, 0.29) is 49.7 Å². The van der Waals surface area contributed by atoms with E-state index in [4.69, 9.17) is 4.74 Å². The highest BCUT2D eigenvalue weighted by Crippen LogP contribution is 2.23. The molecule has 1 fully saturated rings. The van der Waals surface area contributed by atoms with Crippen LogP contribution >= 0.6 is 0 Å². The average Bonchev–Trinajstić information content (AvgIpc) is 2.95. The predicted octanol–water partition coefficient (Wildman–Crippen LogP) is 3.58. The van der Waals surface area contributed by atoms with Crippen LogP contribution in [0.15, 0.2) is 48.7 Å². The molecule has 10 heteroatoms. The first-order chi connectivity index (χ1) is 16.1. The number of nitrogens with zero attached hydrogens (tertiary/aromatic N) is 3. The van der Waals surface area contributed by atoms with Gasteiger partial charge in [-0.15, -0.1) is 13.2 Å². The van der Waals surface area contributed by atoms with Gasteiger partial charge in [-0.1, -0.05) is 18.2 Å². The Hall–Kier alpha value is -3.14. The molecule has 0 N–H and O–H groups in total. The van der Waals surface area contributed by atoms with Crippen LogP contribution in [0.3, 0.4) is 0 Å². The number of benzene rings is 1. The van der Waals surface area contributed by atoms with E-state index in [0.717, 1.165) is 5.69 Å². The van der Waals surface area contributed by atoms with Crippen molar-refractivity contribution < 1.29 is 32.2 Å². The molecule has 1 saturated heterocycles. The number of hydrogen-bond acceptors (Lipinski definition) is 5. The van der Waals surface area contributed by atoms with E-state index in [1.807, 2.05) is 26.0 Å². The van der Waals surface area contributed by atoms with E-state index in [1.54, 1.807) is 17.2 Å². The molecule has 1 aromatic heterocycles. The van der Waals surface area contributed by atoms with E-state index in [9.17, 15) is 22.8 Å². The zero-order valence-corrected chi connectivity index (χ0v) is 19.1. The van der Waals surface area contributed by atoms with Gasteiger partial charge in [0.25, 0.3) is 0 Å². The van der Waals surface area contributed by atoms with Crippen LogP contribution in [-0.2, 0) is 27.4 Å².